The molecule has 0 fully saturated rings. The number of nitrogen functional groups attached to an aromatic ring is 1. The maximum absolute atomic E-state index is 13.4. The molecule has 2 aromatic heterocycles. The van der Waals surface area contributed by atoms with Crippen molar-refractivity contribution in [2.24, 2.45) is 0 Å². The van der Waals surface area contributed by atoms with Gasteiger partial charge in [0.15, 0.2) is 5.65 Å². The van der Waals surface area contributed by atoms with Gasteiger partial charge in [0.05, 0.1) is 11.2 Å². The lowest BCUT2D eigenvalue weighted by molar-refractivity contribution is 0.633. The Kier molecular flexibility index (Phi) is 2.26. The van der Waals surface area contributed by atoms with Gasteiger partial charge in [-0.05, 0) is 30.7 Å². The summed E-state index contributed by atoms with van der Waals surface area (Å²) in [6.45, 7) is 1.95. The highest BCUT2D eigenvalue weighted by atomic mass is 19.1. The van der Waals surface area contributed by atoms with Crippen LogP contribution in [0.5, 0.6) is 0 Å². The van der Waals surface area contributed by atoms with E-state index < -0.39 is 5.82 Å². The van der Waals surface area contributed by atoms with E-state index in [1.165, 1.54) is 6.07 Å². The monoisotopic (exact) mass is 242 g/mol. The number of aromatic nitrogens is 3. The zero-order valence-corrected chi connectivity index (χ0v) is 9.74. The Morgan fingerprint density at radius 2 is 2.17 bits per heavy atom. The van der Waals surface area contributed by atoms with Gasteiger partial charge in [-0.3, -0.25) is 0 Å². The minimum Gasteiger partial charge on any atom is -0.396 e. The standard InChI is InChI=1S/C13H11FN4/c1-7-5-10-13(16-6-7)18-12(17-10)8-3-2-4-9(14)11(8)15/h2-6H,15H2,1H3,(H,16,17,18). The van der Waals surface area contributed by atoms with Crippen LogP contribution < -0.4 is 5.73 Å². The summed E-state index contributed by atoms with van der Waals surface area (Å²) in [5, 5.41) is 0. The van der Waals surface area contributed by atoms with Gasteiger partial charge in [0, 0.05) is 11.8 Å². The van der Waals surface area contributed by atoms with Gasteiger partial charge in [0.2, 0.25) is 0 Å². The van der Waals surface area contributed by atoms with Crippen LogP contribution in [0.25, 0.3) is 22.6 Å². The molecule has 90 valence electrons. The van der Waals surface area contributed by atoms with Crippen molar-refractivity contribution >= 4 is 16.9 Å². The molecule has 0 aliphatic carbocycles. The second-order valence-electron chi connectivity index (χ2n) is 4.17. The summed E-state index contributed by atoms with van der Waals surface area (Å²) in [5.74, 6) is 0.0807. The van der Waals surface area contributed by atoms with E-state index in [9.17, 15) is 4.39 Å². The van der Waals surface area contributed by atoms with Gasteiger partial charge in [0.25, 0.3) is 0 Å². The number of H-pyrrole nitrogens is 1. The Balaban J connectivity index is 2.22. The maximum atomic E-state index is 13.4. The summed E-state index contributed by atoms with van der Waals surface area (Å²) >= 11 is 0. The van der Waals surface area contributed by atoms with Crippen molar-refractivity contribution in [3.05, 3.63) is 41.8 Å². The quantitative estimate of drug-likeness (QED) is 0.644. The van der Waals surface area contributed by atoms with Crippen LogP contribution in [-0.2, 0) is 0 Å². The molecule has 5 heteroatoms. The Labute approximate surface area is 103 Å². The molecule has 0 saturated carbocycles. The molecule has 0 bridgehead atoms. The van der Waals surface area contributed by atoms with Crippen molar-refractivity contribution in [2.45, 2.75) is 6.92 Å². The Morgan fingerprint density at radius 1 is 1.33 bits per heavy atom. The second kappa shape index (κ2) is 3.80. The highest BCUT2D eigenvalue weighted by Gasteiger charge is 2.11. The fourth-order valence-corrected chi connectivity index (χ4v) is 1.88. The molecule has 0 unspecified atom stereocenters. The zero-order valence-electron chi connectivity index (χ0n) is 9.74. The van der Waals surface area contributed by atoms with Gasteiger partial charge in [0.1, 0.15) is 11.6 Å². The largest absolute Gasteiger partial charge is 0.396 e. The lowest BCUT2D eigenvalue weighted by Crippen LogP contribution is -1.94. The predicted molar refractivity (Wildman–Crippen MR) is 68.4 cm³/mol. The number of imidazole rings is 1. The predicted octanol–water partition coefficient (Wildman–Crippen LogP) is 2.65. The third-order valence-corrected chi connectivity index (χ3v) is 2.78. The number of nitrogens with two attached hydrogens (primary N) is 1. The number of benzene rings is 1. The molecule has 2 heterocycles. The highest BCUT2D eigenvalue weighted by Crippen LogP contribution is 2.26. The lowest BCUT2D eigenvalue weighted by atomic mass is 10.1. The number of rotatable bonds is 1. The van der Waals surface area contributed by atoms with Gasteiger partial charge >= 0.3 is 0 Å². The Bertz CT molecular complexity index is 733. The summed E-state index contributed by atoms with van der Waals surface area (Å²) in [6, 6.07) is 6.59. The number of nitrogens with one attached hydrogen (secondary N) is 1. The molecule has 4 nitrogen and oxygen atoms in total. The second-order valence-corrected chi connectivity index (χ2v) is 4.17. The van der Waals surface area contributed by atoms with Gasteiger partial charge < -0.3 is 10.7 Å². The number of aromatic amines is 1. The van der Waals surface area contributed by atoms with E-state index in [1.54, 1.807) is 18.3 Å². The number of hydrogen-bond donors (Lipinski definition) is 2. The first kappa shape index (κ1) is 10.7. The van der Waals surface area contributed by atoms with Crippen molar-refractivity contribution in [3.8, 4) is 11.4 Å². The number of aryl methyl sites for hydroxylation is 1. The molecule has 0 radical (unpaired) electrons. The van der Waals surface area contributed by atoms with Gasteiger partial charge in [-0.25, -0.2) is 14.4 Å². The van der Waals surface area contributed by atoms with Crippen LogP contribution in [0, 0.1) is 12.7 Å². The lowest BCUT2D eigenvalue weighted by Gasteiger charge is -2.02. The van der Waals surface area contributed by atoms with Crippen LogP contribution in [0.15, 0.2) is 30.5 Å². The number of para-hydroxylation sites is 1. The van der Waals surface area contributed by atoms with E-state index in [1.807, 2.05) is 13.0 Å². The van der Waals surface area contributed by atoms with Crippen molar-refractivity contribution < 1.29 is 4.39 Å². The first-order valence-electron chi connectivity index (χ1n) is 5.52. The molecule has 1 aromatic carbocycles. The van der Waals surface area contributed by atoms with Crippen molar-refractivity contribution in [1.29, 1.82) is 0 Å². The third kappa shape index (κ3) is 1.60. The van der Waals surface area contributed by atoms with Crippen LogP contribution in [0.3, 0.4) is 0 Å². The number of hydrogen-bond acceptors (Lipinski definition) is 3. The highest BCUT2D eigenvalue weighted by molar-refractivity contribution is 5.80. The summed E-state index contributed by atoms with van der Waals surface area (Å²) in [5.41, 5.74) is 8.79. The van der Waals surface area contributed by atoms with E-state index in [4.69, 9.17) is 5.73 Å². The molecule has 3 rings (SSSR count). The number of halogens is 1. The fourth-order valence-electron chi connectivity index (χ4n) is 1.88. The van der Waals surface area contributed by atoms with Crippen LogP contribution in [-0.4, -0.2) is 15.0 Å². The topological polar surface area (TPSA) is 67.6 Å². The number of pyridine rings is 1. The van der Waals surface area contributed by atoms with E-state index in [0.717, 1.165) is 11.1 Å². The Morgan fingerprint density at radius 3 is 3.00 bits per heavy atom. The van der Waals surface area contributed by atoms with Crippen molar-refractivity contribution in [1.82, 2.24) is 15.0 Å². The molecule has 0 aliphatic rings. The normalized spacial score (nSPS) is 11.0. The summed E-state index contributed by atoms with van der Waals surface area (Å²) in [6.07, 6.45) is 1.74. The molecule has 3 N–H and O–H groups in total. The first-order chi connectivity index (χ1) is 8.65. The smallest absolute Gasteiger partial charge is 0.178 e. The van der Waals surface area contributed by atoms with Gasteiger partial charge in [-0.2, -0.15) is 0 Å². The van der Waals surface area contributed by atoms with Crippen molar-refractivity contribution in [3.63, 3.8) is 0 Å². The average molecular weight is 242 g/mol. The molecule has 0 atom stereocenters. The van der Waals surface area contributed by atoms with E-state index in [0.29, 0.717) is 17.0 Å². The van der Waals surface area contributed by atoms with Crippen molar-refractivity contribution in [2.75, 3.05) is 5.73 Å². The van der Waals surface area contributed by atoms with Gasteiger partial charge in [-0.15, -0.1) is 0 Å². The molecule has 0 aliphatic heterocycles. The maximum Gasteiger partial charge on any atom is 0.178 e. The fraction of sp³-hybridized carbons (Fsp3) is 0.0769. The van der Waals surface area contributed by atoms with E-state index >= 15 is 0 Å². The first-order valence-corrected chi connectivity index (χ1v) is 5.52. The number of fused-ring (bicyclic) bond motifs is 1. The third-order valence-electron chi connectivity index (χ3n) is 2.78. The molecule has 18 heavy (non-hydrogen) atoms. The minimum absolute atomic E-state index is 0.0910. The zero-order chi connectivity index (χ0) is 12.7. The summed E-state index contributed by atoms with van der Waals surface area (Å²) in [4.78, 5) is 11.6. The Hall–Kier alpha value is -2.43. The van der Waals surface area contributed by atoms with Gasteiger partial charge in [-0.1, -0.05) is 6.07 Å². The molecular weight excluding hydrogens is 231 g/mol. The average Bonchev–Trinajstić information content (AvgIpc) is 2.75. The van der Waals surface area contributed by atoms with Crippen LogP contribution in [0.4, 0.5) is 10.1 Å². The molecule has 0 saturated heterocycles. The van der Waals surface area contributed by atoms with Crippen LogP contribution in [0.2, 0.25) is 0 Å². The van der Waals surface area contributed by atoms with Crippen LogP contribution in [0.1, 0.15) is 5.56 Å². The number of anilines is 1. The molecule has 3 aromatic rings. The molecule has 0 spiro atoms. The molecular formula is C13H11FN4. The molecule has 0 amide bonds. The van der Waals surface area contributed by atoms with E-state index in [2.05, 4.69) is 15.0 Å². The van der Waals surface area contributed by atoms with E-state index in [-0.39, 0.29) is 5.69 Å². The summed E-state index contributed by atoms with van der Waals surface area (Å²) < 4.78 is 13.4. The number of nitrogens with zero attached hydrogens (tertiary/aromatic N) is 2. The summed E-state index contributed by atoms with van der Waals surface area (Å²) in [7, 11) is 0. The SMILES string of the molecule is Cc1cnc2nc(-c3cccc(F)c3N)[nH]c2c1. The van der Waals surface area contributed by atoms with Crippen LogP contribution >= 0.6 is 0 Å². The minimum atomic E-state index is -0.447.